The SMILES string of the molecule is CC[C@H]1CCCN(S(=O)(=O)CCn2cnc3ccccc32)C1. The van der Waals surface area contributed by atoms with Gasteiger partial charge in [-0.15, -0.1) is 0 Å². The van der Waals surface area contributed by atoms with E-state index in [1.807, 2.05) is 28.8 Å². The third-order valence-electron chi connectivity index (χ3n) is 4.57. The lowest BCUT2D eigenvalue weighted by Gasteiger charge is -2.31. The second kappa shape index (κ2) is 6.38. The first kappa shape index (κ1) is 15.5. The minimum absolute atomic E-state index is 0.143. The van der Waals surface area contributed by atoms with Crippen LogP contribution >= 0.6 is 0 Å². The van der Waals surface area contributed by atoms with Crippen LogP contribution in [0.15, 0.2) is 30.6 Å². The van der Waals surface area contributed by atoms with E-state index >= 15 is 0 Å². The van der Waals surface area contributed by atoms with Crippen LogP contribution in [0, 0.1) is 5.92 Å². The van der Waals surface area contributed by atoms with E-state index in [9.17, 15) is 8.42 Å². The van der Waals surface area contributed by atoms with E-state index in [1.165, 1.54) is 0 Å². The summed E-state index contributed by atoms with van der Waals surface area (Å²) in [6, 6.07) is 7.81. The Morgan fingerprint density at radius 1 is 1.32 bits per heavy atom. The average molecular weight is 321 g/mol. The quantitative estimate of drug-likeness (QED) is 0.850. The molecule has 0 N–H and O–H groups in total. The van der Waals surface area contributed by atoms with Crippen LogP contribution in [0.5, 0.6) is 0 Å². The Balaban J connectivity index is 1.69. The molecule has 1 aliphatic heterocycles. The highest BCUT2D eigenvalue weighted by molar-refractivity contribution is 7.89. The summed E-state index contributed by atoms with van der Waals surface area (Å²) < 4.78 is 28.8. The van der Waals surface area contributed by atoms with Gasteiger partial charge in [-0.3, -0.25) is 0 Å². The molecule has 1 aromatic carbocycles. The van der Waals surface area contributed by atoms with E-state index in [0.29, 0.717) is 25.6 Å². The minimum atomic E-state index is -3.19. The van der Waals surface area contributed by atoms with Crippen molar-refractivity contribution in [1.29, 1.82) is 0 Å². The molecule has 1 aromatic heterocycles. The highest BCUT2D eigenvalue weighted by Crippen LogP contribution is 2.22. The molecule has 0 spiro atoms. The molecule has 2 aromatic rings. The van der Waals surface area contributed by atoms with Crippen molar-refractivity contribution in [3.8, 4) is 0 Å². The van der Waals surface area contributed by atoms with Crippen molar-refractivity contribution in [2.75, 3.05) is 18.8 Å². The van der Waals surface area contributed by atoms with Crippen LogP contribution < -0.4 is 0 Å². The summed E-state index contributed by atoms with van der Waals surface area (Å²) in [5, 5.41) is 0. The Kier molecular flexibility index (Phi) is 4.49. The normalized spacial score (nSPS) is 20.5. The van der Waals surface area contributed by atoms with Gasteiger partial charge in [-0.05, 0) is 30.9 Å². The second-order valence-corrected chi connectivity index (χ2v) is 8.11. The molecule has 1 aliphatic rings. The van der Waals surface area contributed by atoms with Crippen molar-refractivity contribution >= 4 is 21.1 Å². The molecule has 2 heterocycles. The summed E-state index contributed by atoms with van der Waals surface area (Å²) in [4.78, 5) is 4.31. The molecule has 0 saturated carbocycles. The second-order valence-electron chi connectivity index (χ2n) is 6.02. The molecule has 0 bridgehead atoms. The number of hydrogen-bond acceptors (Lipinski definition) is 3. The predicted molar refractivity (Wildman–Crippen MR) is 88.1 cm³/mol. The van der Waals surface area contributed by atoms with Crippen LogP contribution in [0.4, 0.5) is 0 Å². The molecule has 3 rings (SSSR count). The molecule has 0 radical (unpaired) electrons. The monoisotopic (exact) mass is 321 g/mol. The maximum atomic E-state index is 12.6. The van der Waals surface area contributed by atoms with E-state index in [4.69, 9.17) is 0 Å². The standard InChI is InChI=1S/C16H23N3O2S/c1-2-14-6-5-9-19(12-14)22(20,21)11-10-18-13-17-15-7-3-4-8-16(15)18/h3-4,7-8,13-14H,2,5-6,9-12H2,1H3/t14-/m0/s1. The molecule has 22 heavy (non-hydrogen) atoms. The number of piperidine rings is 1. The first-order valence-electron chi connectivity index (χ1n) is 7.98. The van der Waals surface area contributed by atoms with Gasteiger partial charge in [-0.1, -0.05) is 25.5 Å². The van der Waals surface area contributed by atoms with E-state index in [1.54, 1.807) is 10.6 Å². The Labute approximate surface area is 132 Å². The zero-order chi connectivity index (χ0) is 15.6. The third kappa shape index (κ3) is 3.17. The van der Waals surface area contributed by atoms with Crippen LogP contribution in [-0.4, -0.2) is 41.1 Å². The molecule has 0 aliphatic carbocycles. The highest BCUT2D eigenvalue weighted by atomic mass is 32.2. The van der Waals surface area contributed by atoms with Crippen LogP contribution in [0.2, 0.25) is 0 Å². The van der Waals surface area contributed by atoms with Gasteiger partial charge in [0.1, 0.15) is 0 Å². The largest absolute Gasteiger partial charge is 0.330 e. The van der Waals surface area contributed by atoms with Gasteiger partial charge < -0.3 is 4.57 Å². The van der Waals surface area contributed by atoms with Gasteiger partial charge in [-0.25, -0.2) is 17.7 Å². The number of para-hydroxylation sites is 2. The minimum Gasteiger partial charge on any atom is -0.330 e. The fourth-order valence-electron chi connectivity index (χ4n) is 3.14. The Morgan fingerprint density at radius 2 is 2.14 bits per heavy atom. The van der Waals surface area contributed by atoms with E-state index in [-0.39, 0.29) is 5.75 Å². The van der Waals surface area contributed by atoms with Crippen molar-refractivity contribution in [3.05, 3.63) is 30.6 Å². The fraction of sp³-hybridized carbons (Fsp3) is 0.562. The van der Waals surface area contributed by atoms with Gasteiger partial charge in [0.15, 0.2) is 0 Å². The molecule has 1 atom stereocenters. The molecule has 5 nitrogen and oxygen atoms in total. The van der Waals surface area contributed by atoms with Crippen molar-refractivity contribution in [3.63, 3.8) is 0 Å². The topological polar surface area (TPSA) is 55.2 Å². The lowest BCUT2D eigenvalue weighted by molar-refractivity contribution is 0.261. The van der Waals surface area contributed by atoms with Crippen LogP contribution in [-0.2, 0) is 16.6 Å². The summed E-state index contributed by atoms with van der Waals surface area (Å²) in [5.74, 6) is 0.654. The van der Waals surface area contributed by atoms with Gasteiger partial charge in [0, 0.05) is 19.6 Å². The van der Waals surface area contributed by atoms with Crippen molar-refractivity contribution in [2.24, 2.45) is 5.92 Å². The number of fused-ring (bicyclic) bond motifs is 1. The molecular formula is C16H23N3O2S. The number of sulfonamides is 1. The Morgan fingerprint density at radius 3 is 2.95 bits per heavy atom. The number of rotatable bonds is 5. The predicted octanol–water partition coefficient (Wildman–Crippen LogP) is 2.49. The highest BCUT2D eigenvalue weighted by Gasteiger charge is 2.27. The van der Waals surface area contributed by atoms with E-state index < -0.39 is 10.0 Å². The molecule has 120 valence electrons. The third-order valence-corrected chi connectivity index (χ3v) is 6.39. The zero-order valence-electron chi connectivity index (χ0n) is 13.0. The maximum Gasteiger partial charge on any atom is 0.215 e. The summed E-state index contributed by atoms with van der Waals surface area (Å²) in [6.45, 7) is 3.95. The van der Waals surface area contributed by atoms with Crippen LogP contribution in [0.1, 0.15) is 26.2 Å². The fourth-order valence-corrected chi connectivity index (χ4v) is 4.67. The zero-order valence-corrected chi connectivity index (χ0v) is 13.8. The van der Waals surface area contributed by atoms with Gasteiger partial charge in [0.05, 0.1) is 23.1 Å². The Hall–Kier alpha value is -1.40. The molecule has 6 heteroatoms. The summed E-state index contributed by atoms with van der Waals surface area (Å²) in [7, 11) is -3.19. The lowest BCUT2D eigenvalue weighted by Crippen LogP contribution is -2.41. The first-order chi connectivity index (χ1) is 10.6. The molecule has 1 fully saturated rings. The summed E-state index contributed by atoms with van der Waals surface area (Å²) in [5.41, 5.74) is 1.90. The van der Waals surface area contributed by atoms with Gasteiger partial charge in [0.25, 0.3) is 0 Å². The van der Waals surface area contributed by atoms with Gasteiger partial charge in [-0.2, -0.15) is 0 Å². The van der Waals surface area contributed by atoms with E-state index in [0.717, 1.165) is 30.3 Å². The van der Waals surface area contributed by atoms with E-state index in [2.05, 4.69) is 11.9 Å². The number of aryl methyl sites for hydroxylation is 1. The average Bonchev–Trinajstić information content (AvgIpc) is 2.96. The Bertz CT molecular complexity index is 739. The van der Waals surface area contributed by atoms with Crippen molar-refractivity contribution in [2.45, 2.75) is 32.7 Å². The summed E-state index contributed by atoms with van der Waals surface area (Å²) >= 11 is 0. The number of benzene rings is 1. The van der Waals surface area contributed by atoms with Crippen LogP contribution in [0.3, 0.4) is 0 Å². The van der Waals surface area contributed by atoms with Crippen molar-refractivity contribution < 1.29 is 8.42 Å². The molecule has 1 saturated heterocycles. The number of hydrogen-bond donors (Lipinski definition) is 0. The maximum absolute atomic E-state index is 12.6. The van der Waals surface area contributed by atoms with Crippen molar-refractivity contribution in [1.82, 2.24) is 13.9 Å². The van der Waals surface area contributed by atoms with Gasteiger partial charge >= 0.3 is 0 Å². The first-order valence-corrected chi connectivity index (χ1v) is 9.59. The number of nitrogens with zero attached hydrogens (tertiary/aromatic N) is 3. The molecule has 0 amide bonds. The lowest BCUT2D eigenvalue weighted by atomic mass is 9.97. The van der Waals surface area contributed by atoms with Crippen LogP contribution in [0.25, 0.3) is 11.0 Å². The number of aromatic nitrogens is 2. The smallest absolute Gasteiger partial charge is 0.215 e. The number of imidazole rings is 1. The van der Waals surface area contributed by atoms with Gasteiger partial charge in [0.2, 0.25) is 10.0 Å². The molecule has 0 unspecified atom stereocenters. The summed E-state index contributed by atoms with van der Waals surface area (Å²) in [6.07, 6.45) is 4.91. The molecular weight excluding hydrogens is 298 g/mol.